The van der Waals surface area contributed by atoms with Crippen molar-refractivity contribution in [3.63, 3.8) is 0 Å². The third kappa shape index (κ3) is 3.33. The molecule has 2 heterocycles. The summed E-state index contributed by atoms with van der Waals surface area (Å²) in [5.41, 5.74) is 0. The van der Waals surface area contributed by atoms with E-state index in [4.69, 9.17) is 4.74 Å². The Bertz CT molecular complexity index is 408. The molecule has 0 radical (unpaired) electrons. The summed E-state index contributed by atoms with van der Waals surface area (Å²) >= 11 is 3.72. The van der Waals surface area contributed by atoms with E-state index >= 15 is 0 Å². The molecule has 0 bridgehead atoms. The molecule has 1 fully saturated rings. The van der Waals surface area contributed by atoms with Crippen LogP contribution in [0.1, 0.15) is 37.4 Å². The molecule has 5 heteroatoms. The Hall–Kier alpha value is -0.520. The number of esters is 1. The summed E-state index contributed by atoms with van der Waals surface area (Å²) in [6.07, 6.45) is 1.06. The van der Waals surface area contributed by atoms with E-state index in [0.29, 0.717) is 29.8 Å². The van der Waals surface area contributed by atoms with Gasteiger partial charge >= 0.3 is 5.97 Å². The van der Waals surface area contributed by atoms with Crippen molar-refractivity contribution >= 4 is 29.1 Å². The first-order valence-electron chi connectivity index (χ1n) is 6.77. The largest absolute Gasteiger partial charge is 0.465 e. The SMILES string of the molecule is CCOC(=O)CN1C(c2cccs2)SC(C)C1CC. The molecule has 0 aromatic carbocycles. The molecule has 1 aliphatic heterocycles. The van der Waals surface area contributed by atoms with E-state index in [1.807, 2.05) is 18.7 Å². The van der Waals surface area contributed by atoms with E-state index in [1.165, 1.54) is 4.88 Å². The van der Waals surface area contributed by atoms with Crippen LogP contribution in [-0.4, -0.2) is 35.3 Å². The molecule has 1 aromatic rings. The molecule has 0 spiro atoms. The lowest BCUT2D eigenvalue weighted by Gasteiger charge is -2.27. The number of carbonyl (C=O) groups excluding carboxylic acids is 1. The van der Waals surface area contributed by atoms with Crippen molar-refractivity contribution in [3.8, 4) is 0 Å². The maximum atomic E-state index is 11.8. The second-order valence-electron chi connectivity index (χ2n) is 4.66. The van der Waals surface area contributed by atoms with Gasteiger partial charge in [-0.1, -0.05) is 19.9 Å². The smallest absolute Gasteiger partial charge is 0.320 e. The fourth-order valence-electron chi connectivity index (χ4n) is 2.60. The quantitative estimate of drug-likeness (QED) is 0.778. The van der Waals surface area contributed by atoms with E-state index in [0.717, 1.165) is 6.42 Å². The Morgan fingerprint density at radius 2 is 2.26 bits per heavy atom. The first-order valence-corrected chi connectivity index (χ1v) is 8.59. The number of thiophene rings is 1. The zero-order valence-corrected chi connectivity index (χ0v) is 13.3. The Morgan fingerprint density at radius 3 is 2.84 bits per heavy atom. The first kappa shape index (κ1) is 14.9. The van der Waals surface area contributed by atoms with Gasteiger partial charge in [0.2, 0.25) is 0 Å². The lowest BCUT2D eigenvalue weighted by atomic mass is 10.1. The normalized spacial score (nSPS) is 27.6. The Balaban J connectivity index is 2.15. The van der Waals surface area contributed by atoms with E-state index in [1.54, 1.807) is 11.3 Å². The van der Waals surface area contributed by atoms with Crippen molar-refractivity contribution in [1.29, 1.82) is 0 Å². The zero-order valence-electron chi connectivity index (χ0n) is 11.7. The lowest BCUT2D eigenvalue weighted by molar-refractivity contribution is -0.145. The number of carbonyl (C=O) groups is 1. The third-order valence-corrected chi connectivity index (χ3v) is 6.03. The van der Waals surface area contributed by atoms with Crippen molar-refractivity contribution in [3.05, 3.63) is 22.4 Å². The summed E-state index contributed by atoms with van der Waals surface area (Å²) < 4.78 is 5.11. The van der Waals surface area contributed by atoms with Gasteiger partial charge in [-0.2, -0.15) is 0 Å². The van der Waals surface area contributed by atoms with Crippen molar-refractivity contribution in [2.75, 3.05) is 13.2 Å². The van der Waals surface area contributed by atoms with E-state index < -0.39 is 0 Å². The summed E-state index contributed by atoms with van der Waals surface area (Å²) in [7, 11) is 0. The van der Waals surface area contributed by atoms with Crippen LogP contribution in [0, 0.1) is 0 Å². The summed E-state index contributed by atoms with van der Waals surface area (Å²) in [5, 5.41) is 2.94. The third-order valence-electron chi connectivity index (χ3n) is 3.43. The second kappa shape index (κ2) is 6.77. The maximum Gasteiger partial charge on any atom is 0.320 e. The number of ether oxygens (including phenoxy) is 1. The fraction of sp³-hybridized carbons (Fsp3) is 0.643. The van der Waals surface area contributed by atoms with Crippen LogP contribution in [0.15, 0.2) is 17.5 Å². The molecule has 106 valence electrons. The molecule has 0 N–H and O–H groups in total. The van der Waals surface area contributed by atoms with Crippen LogP contribution < -0.4 is 0 Å². The molecular weight excluding hydrogens is 278 g/mol. The molecule has 1 saturated heterocycles. The van der Waals surface area contributed by atoms with Gasteiger partial charge in [0.25, 0.3) is 0 Å². The molecular formula is C14H21NO2S2. The molecule has 3 unspecified atom stereocenters. The van der Waals surface area contributed by atoms with Gasteiger partial charge in [0, 0.05) is 16.2 Å². The minimum absolute atomic E-state index is 0.114. The predicted molar refractivity (Wildman–Crippen MR) is 81.5 cm³/mol. The van der Waals surface area contributed by atoms with Crippen molar-refractivity contribution in [1.82, 2.24) is 4.90 Å². The van der Waals surface area contributed by atoms with Gasteiger partial charge in [-0.15, -0.1) is 23.1 Å². The predicted octanol–water partition coefficient (Wildman–Crippen LogP) is 3.53. The number of thioether (sulfide) groups is 1. The van der Waals surface area contributed by atoms with E-state index in [-0.39, 0.29) is 5.97 Å². The van der Waals surface area contributed by atoms with E-state index in [2.05, 4.69) is 36.3 Å². The van der Waals surface area contributed by atoms with Crippen LogP contribution in [0.5, 0.6) is 0 Å². The maximum absolute atomic E-state index is 11.8. The Labute approximate surface area is 123 Å². The minimum Gasteiger partial charge on any atom is -0.465 e. The monoisotopic (exact) mass is 299 g/mol. The van der Waals surface area contributed by atoms with Gasteiger partial charge in [-0.05, 0) is 24.8 Å². The molecule has 3 nitrogen and oxygen atoms in total. The van der Waals surface area contributed by atoms with Gasteiger partial charge in [0.05, 0.1) is 18.5 Å². The van der Waals surface area contributed by atoms with Crippen molar-refractivity contribution < 1.29 is 9.53 Å². The summed E-state index contributed by atoms with van der Waals surface area (Å²) in [6.45, 7) is 7.15. The number of hydrogen-bond acceptors (Lipinski definition) is 5. The van der Waals surface area contributed by atoms with Gasteiger partial charge in [0.1, 0.15) is 0 Å². The van der Waals surface area contributed by atoms with Crippen LogP contribution in [0.3, 0.4) is 0 Å². The van der Waals surface area contributed by atoms with Crippen LogP contribution in [0.4, 0.5) is 0 Å². The van der Waals surface area contributed by atoms with Gasteiger partial charge in [-0.3, -0.25) is 9.69 Å². The highest BCUT2D eigenvalue weighted by atomic mass is 32.2. The number of hydrogen-bond donors (Lipinski definition) is 0. The Kier molecular flexibility index (Phi) is 5.30. The molecule has 3 atom stereocenters. The van der Waals surface area contributed by atoms with Gasteiger partial charge in [0.15, 0.2) is 0 Å². The summed E-state index contributed by atoms with van der Waals surface area (Å²) in [4.78, 5) is 15.4. The van der Waals surface area contributed by atoms with Gasteiger partial charge < -0.3 is 4.74 Å². The van der Waals surface area contributed by atoms with Crippen molar-refractivity contribution in [2.45, 2.75) is 43.9 Å². The first-order chi connectivity index (χ1) is 9.17. The highest BCUT2D eigenvalue weighted by Crippen LogP contribution is 2.47. The minimum atomic E-state index is -0.114. The average Bonchev–Trinajstić information content (AvgIpc) is 2.98. The van der Waals surface area contributed by atoms with Crippen LogP contribution in [0.2, 0.25) is 0 Å². The van der Waals surface area contributed by atoms with Crippen LogP contribution in [-0.2, 0) is 9.53 Å². The molecule has 0 saturated carbocycles. The fourth-order valence-corrected chi connectivity index (χ4v) is 5.19. The topological polar surface area (TPSA) is 29.5 Å². The van der Waals surface area contributed by atoms with Crippen LogP contribution in [0.25, 0.3) is 0 Å². The molecule has 1 aliphatic rings. The number of nitrogens with zero attached hydrogens (tertiary/aromatic N) is 1. The number of rotatable bonds is 5. The average molecular weight is 299 g/mol. The van der Waals surface area contributed by atoms with Gasteiger partial charge in [-0.25, -0.2) is 0 Å². The summed E-state index contributed by atoms with van der Waals surface area (Å²) in [6, 6.07) is 4.68. The zero-order chi connectivity index (χ0) is 13.8. The lowest BCUT2D eigenvalue weighted by Crippen LogP contribution is -2.39. The van der Waals surface area contributed by atoms with Crippen molar-refractivity contribution in [2.24, 2.45) is 0 Å². The molecule has 2 rings (SSSR count). The molecule has 19 heavy (non-hydrogen) atoms. The second-order valence-corrected chi connectivity index (χ2v) is 7.10. The molecule has 0 aliphatic carbocycles. The highest BCUT2D eigenvalue weighted by molar-refractivity contribution is 8.00. The highest BCUT2D eigenvalue weighted by Gasteiger charge is 2.40. The van der Waals surface area contributed by atoms with E-state index in [9.17, 15) is 4.79 Å². The Morgan fingerprint density at radius 1 is 1.47 bits per heavy atom. The van der Waals surface area contributed by atoms with Crippen LogP contribution >= 0.6 is 23.1 Å². The summed E-state index contributed by atoms with van der Waals surface area (Å²) in [5.74, 6) is -0.114. The molecule has 0 amide bonds. The molecule has 1 aromatic heterocycles. The standard InChI is InChI=1S/C14H21NO2S2/c1-4-11-10(3)19-14(12-7-6-8-18-12)15(11)9-13(16)17-5-2/h6-8,10-11,14H,4-5,9H2,1-3H3.